The summed E-state index contributed by atoms with van der Waals surface area (Å²) in [5.41, 5.74) is 2.62. The van der Waals surface area contributed by atoms with Gasteiger partial charge in [0.05, 0.1) is 24.8 Å². The molecule has 2 N–H and O–H groups in total. The van der Waals surface area contributed by atoms with Crippen LogP contribution < -0.4 is 10.1 Å². The summed E-state index contributed by atoms with van der Waals surface area (Å²) in [5, 5.41) is 20.5. The fraction of sp³-hybridized carbons (Fsp3) is 0.211. The Morgan fingerprint density at radius 3 is 2.70 bits per heavy atom. The summed E-state index contributed by atoms with van der Waals surface area (Å²) in [6.45, 7) is 0.799. The van der Waals surface area contributed by atoms with E-state index in [4.69, 9.17) is 14.3 Å². The van der Waals surface area contributed by atoms with Crippen molar-refractivity contribution in [1.29, 1.82) is 0 Å². The lowest BCUT2D eigenvalue weighted by atomic mass is 10.2. The monoisotopic (exact) mass is 365 g/mol. The van der Waals surface area contributed by atoms with Gasteiger partial charge in [-0.2, -0.15) is 0 Å². The molecule has 0 unspecified atom stereocenters. The molecule has 4 aromatic rings. The molecule has 8 heteroatoms. The number of imidazole rings is 1. The molecule has 0 radical (unpaired) electrons. The van der Waals surface area contributed by atoms with Gasteiger partial charge in [-0.1, -0.05) is 12.1 Å². The molecule has 0 saturated carbocycles. The smallest absolute Gasteiger partial charge is 0.247 e. The molecule has 0 saturated heterocycles. The summed E-state index contributed by atoms with van der Waals surface area (Å²) in [5.74, 6) is 2.33. The summed E-state index contributed by atoms with van der Waals surface area (Å²) in [6, 6.07) is 15.2. The van der Waals surface area contributed by atoms with E-state index >= 15 is 0 Å². The second kappa shape index (κ2) is 7.46. The summed E-state index contributed by atoms with van der Waals surface area (Å²) < 4.78 is 13.0. The number of anilines is 1. The minimum absolute atomic E-state index is 0.0192. The number of nitrogens with one attached hydrogen (secondary N) is 1. The average molecular weight is 365 g/mol. The van der Waals surface area contributed by atoms with Gasteiger partial charge in [0.15, 0.2) is 0 Å². The van der Waals surface area contributed by atoms with Gasteiger partial charge in [-0.3, -0.25) is 0 Å². The molecule has 0 amide bonds. The lowest BCUT2D eigenvalue weighted by molar-refractivity contribution is 0.310. The van der Waals surface area contributed by atoms with Gasteiger partial charge in [0.1, 0.15) is 12.3 Å². The third-order valence-corrected chi connectivity index (χ3v) is 4.15. The maximum Gasteiger partial charge on any atom is 0.247 e. The number of hydrogen-bond donors (Lipinski definition) is 2. The highest BCUT2D eigenvalue weighted by atomic mass is 16.5. The zero-order chi connectivity index (χ0) is 18.6. The van der Waals surface area contributed by atoms with Crippen LogP contribution in [-0.2, 0) is 6.54 Å². The predicted molar refractivity (Wildman–Crippen MR) is 101 cm³/mol. The molecule has 2 heterocycles. The molecule has 0 fully saturated rings. The van der Waals surface area contributed by atoms with Crippen molar-refractivity contribution >= 4 is 17.0 Å². The molecule has 8 nitrogen and oxygen atoms in total. The lowest BCUT2D eigenvalue weighted by Gasteiger charge is -2.07. The molecule has 2 aromatic carbocycles. The van der Waals surface area contributed by atoms with E-state index in [1.807, 2.05) is 53.1 Å². The molecule has 0 bridgehead atoms. The number of benzene rings is 2. The van der Waals surface area contributed by atoms with Crippen LogP contribution in [0.2, 0.25) is 0 Å². The van der Waals surface area contributed by atoms with Crippen molar-refractivity contribution in [2.24, 2.45) is 0 Å². The molecule has 138 valence electrons. The second-order valence-corrected chi connectivity index (χ2v) is 5.89. The average Bonchev–Trinajstić information content (AvgIpc) is 3.32. The van der Waals surface area contributed by atoms with Gasteiger partial charge in [-0.15, -0.1) is 10.2 Å². The standard InChI is InChI=1S/C19H19N5O3/c1-26-14-8-6-13(7-9-14)18-23-22-17(27-18)12-24-16-5-3-2-4-15(16)21-19(24)20-10-11-25/h2-9,25H,10-12H2,1H3,(H,20,21). The van der Waals surface area contributed by atoms with E-state index in [9.17, 15) is 0 Å². The number of nitrogens with zero attached hydrogens (tertiary/aromatic N) is 4. The molecule has 4 rings (SSSR count). The predicted octanol–water partition coefficient (Wildman–Crippen LogP) is 2.55. The Morgan fingerprint density at radius 1 is 1.11 bits per heavy atom. The number of rotatable bonds is 7. The summed E-state index contributed by atoms with van der Waals surface area (Å²) in [4.78, 5) is 4.57. The maximum absolute atomic E-state index is 9.10. The molecule has 27 heavy (non-hydrogen) atoms. The van der Waals surface area contributed by atoms with Crippen molar-refractivity contribution < 1.29 is 14.3 Å². The SMILES string of the molecule is COc1ccc(-c2nnc(Cn3c(NCCO)nc4ccccc43)o2)cc1. The van der Waals surface area contributed by atoms with Crippen LogP contribution in [0.3, 0.4) is 0 Å². The van der Waals surface area contributed by atoms with Crippen LogP contribution in [-0.4, -0.2) is 45.1 Å². The van der Waals surface area contributed by atoms with Crippen molar-refractivity contribution in [3.63, 3.8) is 0 Å². The Morgan fingerprint density at radius 2 is 1.93 bits per heavy atom. The van der Waals surface area contributed by atoms with Crippen LogP contribution in [0.4, 0.5) is 5.95 Å². The molecule has 0 atom stereocenters. The van der Waals surface area contributed by atoms with Gasteiger partial charge in [0.25, 0.3) is 0 Å². The van der Waals surface area contributed by atoms with Gasteiger partial charge < -0.3 is 24.1 Å². The highest BCUT2D eigenvalue weighted by Gasteiger charge is 2.15. The van der Waals surface area contributed by atoms with E-state index < -0.39 is 0 Å². The van der Waals surface area contributed by atoms with Gasteiger partial charge >= 0.3 is 0 Å². The minimum atomic E-state index is 0.0192. The zero-order valence-electron chi connectivity index (χ0n) is 14.8. The van der Waals surface area contributed by atoms with Crippen LogP contribution >= 0.6 is 0 Å². The van der Waals surface area contributed by atoms with E-state index in [0.29, 0.717) is 30.8 Å². The van der Waals surface area contributed by atoms with E-state index in [-0.39, 0.29) is 6.61 Å². The summed E-state index contributed by atoms with van der Waals surface area (Å²) >= 11 is 0. The van der Waals surface area contributed by atoms with Crippen molar-refractivity contribution in [2.75, 3.05) is 25.6 Å². The largest absolute Gasteiger partial charge is 0.497 e. The number of ether oxygens (including phenoxy) is 1. The molecule has 2 aromatic heterocycles. The Labute approximate surface area is 155 Å². The number of aliphatic hydroxyl groups excluding tert-OH is 1. The van der Waals surface area contributed by atoms with Gasteiger partial charge in [-0.05, 0) is 36.4 Å². The number of para-hydroxylation sites is 2. The van der Waals surface area contributed by atoms with Crippen molar-refractivity contribution in [1.82, 2.24) is 19.7 Å². The van der Waals surface area contributed by atoms with Gasteiger partial charge in [0.2, 0.25) is 17.7 Å². The fourth-order valence-corrected chi connectivity index (χ4v) is 2.84. The highest BCUT2D eigenvalue weighted by Crippen LogP contribution is 2.24. The topological polar surface area (TPSA) is 98.2 Å². The quantitative estimate of drug-likeness (QED) is 0.519. The molecule has 0 aliphatic heterocycles. The fourth-order valence-electron chi connectivity index (χ4n) is 2.84. The Bertz CT molecular complexity index is 1040. The molecule has 0 aliphatic rings. The number of hydrogen-bond acceptors (Lipinski definition) is 7. The zero-order valence-corrected chi connectivity index (χ0v) is 14.8. The highest BCUT2D eigenvalue weighted by molar-refractivity contribution is 5.78. The number of aromatic nitrogens is 4. The van der Waals surface area contributed by atoms with Gasteiger partial charge in [-0.25, -0.2) is 4.98 Å². The van der Waals surface area contributed by atoms with Crippen molar-refractivity contribution in [3.05, 3.63) is 54.4 Å². The first-order chi connectivity index (χ1) is 13.3. The first kappa shape index (κ1) is 17.0. The number of methoxy groups -OCH3 is 1. The van der Waals surface area contributed by atoms with E-state index in [2.05, 4.69) is 20.5 Å². The van der Waals surface area contributed by atoms with Crippen molar-refractivity contribution in [2.45, 2.75) is 6.54 Å². The second-order valence-electron chi connectivity index (χ2n) is 5.89. The van der Waals surface area contributed by atoms with Crippen LogP contribution in [0.15, 0.2) is 52.9 Å². The maximum atomic E-state index is 9.10. The van der Waals surface area contributed by atoms with E-state index in [0.717, 1.165) is 22.3 Å². The first-order valence-corrected chi connectivity index (χ1v) is 8.55. The molecular formula is C19H19N5O3. The van der Waals surface area contributed by atoms with Crippen LogP contribution in [0.5, 0.6) is 5.75 Å². The molecular weight excluding hydrogens is 346 g/mol. The molecule has 0 spiro atoms. The van der Waals surface area contributed by atoms with Gasteiger partial charge in [0, 0.05) is 12.1 Å². The van der Waals surface area contributed by atoms with Crippen LogP contribution in [0.1, 0.15) is 5.89 Å². The van der Waals surface area contributed by atoms with Crippen molar-refractivity contribution in [3.8, 4) is 17.2 Å². The summed E-state index contributed by atoms with van der Waals surface area (Å²) in [7, 11) is 1.62. The van der Waals surface area contributed by atoms with Crippen LogP contribution in [0, 0.1) is 0 Å². The number of fused-ring (bicyclic) bond motifs is 1. The van der Waals surface area contributed by atoms with E-state index in [1.165, 1.54) is 0 Å². The Kier molecular flexibility index (Phi) is 4.71. The third kappa shape index (κ3) is 3.47. The molecule has 0 aliphatic carbocycles. The van der Waals surface area contributed by atoms with Crippen LogP contribution in [0.25, 0.3) is 22.5 Å². The Balaban J connectivity index is 1.63. The number of aliphatic hydroxyl groups is 1. The third-order valence-electron chi connectivity index (χ3n) is 4.15. The normalized spacial score (nSPS) is 11.0. The lowest BCUT2D eigenvalue weighted by Crippen LogP contribution is -2.12. The van der Waals surface area contributed by atoms with E-state index in [1.54, 1.807) is 7.11 Å². The summed E-state index contributed by atoms with van der Waals surface area (Å²) in [6.07, 6.45) is 0. The minimum Gasteiger partial charge on any atom is -0.497 e. The Hall–Kier alpha value is -3.39. The first-order valence-electron chi connectivity index (χ1n) is 8.55.